The number of hydrogen-bond donors (Lipinski definition) is 2. The fourth-order valence-corrected chi connectivity index (χ4v) is 4.11. The Morgan fingerprint density at radius 3 is 2.52 bits per heavy atom. The van der Waals surface area contributed by atoms with E-state index in [0.29, 0.717) is 6.54 Å². The molecule has 0 spiro atoms. The second-order valence-electron chi connectivity index (χ2n) is 6.14. The van der Waals surface area contributed by atoms with Gasteiger partial charge in [0.1, 0.15) is 0 Å². The molecule has 1 saturated carbocycles. The average molecular weight is 306 g/mol. The van der Waals surface area contributed by atoms with Gasteiger partial charge in [-0.15, -0.1) is 11.8 Å². The van der Waals surface area contributed by atoms with Gasteiger partial charge in [-0.2, -0.15) is 0 Å². The molecule has 2 rings (SSSR count). The maximum atomic E-state index is 12.6. The smallest absolute Gasteiger partial charge is 0.236 e. The van der Waals surface area contributed by atoms with E-state index in [9.17, 15) is 4.79 Å². The first-order chi connectivity index (χ1) is 10.0. The number of carbonyl (C=O) groups is 1. The summed E-state index contributed by atoms with van der Waals surface area (Å²) in [5.41, 5.74) is 7.00. The molecule has 1 aromatic carbocycles. The van der Waals surface area contributed by atoms with Crippen LogP contribution in [-0.4, -0.2) is 23.2 Å². The Bertz CT molecular complexity index is 464. The fourth-order valence-electron chi connectivity index (χ4n) is 2.73. The third-order valence-corrected chi connectivity index (χ3v) is 5.54. The number of nitrogens with two attached hydrogens (primary N) is 1. The highest BCUT2D eigenvalue weighted by atomic mass is 32.2. The predicted octanol–water partition coefficient (Wildman–Crippen LogP) is 3.25. The molecule has 1 atom stereocenters. The summed E-state index contributed by atoms with van der Waals surface area (Å²) in [6.07, 6.45) is 5.04. The molecule has 0 saturated heterocycles. The van der Waals surface area contributed by atoms with Crippen molar-refractivity contribution in [2.75, 3.05) is 6.54 Å². The number of nitrogens with one attached hydrogen (secondary N) is 1. The van der Waals surface area contributed by atoms with Gasteiger partial charge in [-0.05, 0) is 45.2 Å². The zero-order chi connectivity index (χ0) is 15.3. The molecule has 1 aliphatic rings. The third kappa shape index (κ3) is 4.48. The lowest BCUT2D eigenvalue weighted by Crippen LogP contribution is -2.43. The first-order valence-corrected chi connectivity index (χ1v) is 8.63. The summed E-state index contributed by atoms with van der Waals surface area (Å²) in [6, 6.07) is 8.59. The van der Waals surface area contributed by atoms with Crippen molar-refractivity contribution in [2.45, 2.75) is 61.6 Å². The van der Waals surface area contributed by atoms with Gasteiger partial charge in [-0.25, -0.2) is 0 Å². The Hall–Kier alpha value is -1.00. The summed E-state index contributed by atoms with van der Waals surface area (Å²) in [5, 5.41) is 3.09. The van der Waals surface area contributed by atoms with Crippen molar-refractivity contribution in [3.8, 4) is 0 Å². The maximum absolute atomic E-state index is 12.6. The van der Waals surface area contributed by atoms with Crippen molar-refractivity contribution < 1.29 is 4.79 Å². The van der Waals surface area contributed by atoms with Crippen molar-refractivity contribution in [2.24, 2.45) is 5.73 Å². The average Bonchev–Trinajstić information content (AvgIpc) is 2.91. The molecule has 1 fully saturated rings. The van der Waals surface area contributed by atoms with Crippen LogP contribution in [0.1, 0.15) is 44.6 Å². The molecule has 3 N–H and O–H groups in total. The maximum Gasteiger partial charge on any atom is 0.236 e. The summed E-state index contributed by atoms with van der Waals surface area (Å²) in [5.74, 6) is 0.186. The SMILES string of the molecule is Cc1ccc(SC2(C(=O)NCCC(C)N)CCCC2)cc1. The van der Waals surface area contributed by atoms with Crippen LogP contribution in [0, 0.1) is 6.92 Å². The van der Waals surface area contributed by atoms with Crippen LogP contribution in [0.15, 0.2) is 29.2 Å². The number of thioether (sulfide) groups is 1. The van der Waals surface area contributed by atoms with Gasteiger partial charge in [-0.3, -0.25) is 4.79 Å². The van der Waals surface area contributed by atoms with Crippen LogP contribution in [0.3, 0.4) is 0 Å². The minimum Gasteiger partial charge on any atom is -0.355 e. The molecular weight excluding hydrogens is 280 g/mol. The highest BCUT2D eigenvalue weighted by Crippen LogP contribution is 2.45. The minimum absolute atomic E-state index is 0.134. The van der Waals surface area contributed by atoms with Crippen LogP contribution >= 0.6 is 11.8 Å². The molecule has 1 aliphatic carbocycles. The van der Waals surface area contributed by atoms with Crippen LogP contribution in [0.4, 0.5) is 0 Å². The molecule has 0 heterocycles. The number of rotatable bonds is 6. The Morgan fingerprint density at radius 2 is 1.95 bits per heavy atom. The molecule has 0 aromatic heterocycles. The molecule has 0 bridgehead atoms. The molecule has 1 aromatic rings. The molecule has 21 heavy (non-hydrogen) atoms. The van der Waals surface area contributed by atoms with Crippen molar-refractivity contribution >= 4 is 17.7 Å². The van der Waals surface area contributed by atoms with E-state index >= 15 is 0 Å². The Labute approximate surface area is 132 Å². The van der Waals surface area contributed by atoms with E-state index in [1.54, 1.807) is 11.8 Å². The number of benzene rings is 1. The molecule has 0 aliphatic heterocycles. The monoisotopic (exact) mass is 306 g/mol. The Balaban J connectivity index is 2.02. The van der Waals surface area contributed by atoms with Crippen LogP contribution in [0.5, 0.6) is 0 Å². The molecule has 1 unspecified atom stereocenters. The van der Waals surface area contributed by atoms with Crippen molar-refractivity contribution in [3.05, 3.63) is 29.8 Å². The topological polar surface area (TPSA) is 55.1 Å². The number of amides is 1. The predicted molar refractivity (Wildman–Crippen MR) is 89.5 cm³/mol. The number of hydrogen-bond acceptors (Lipinski definition) is 3. The second kappa shape index (κ2) is 7.32. The van der Waals surface area contributed by atoms with E-state index < -0.39 is 0 Å². The van der Waals surface area contributed by atoms with Crippen molar-refractivity contribution in [3.63, 3.8) is 0 Å². The number of aryl methyl sites for hydroxylation is 1. The first-order valence-electron chi connectivity index (χ1n) is 7.81. The van der Waals surface area contributed by atoms with Gasteiger partial charge in [0.25, 0.3) is 0 Å². The van der Waals surface area contributed by atoms with E-state index in [1.807, 2.05) is 6.92 Å². The molecule has 3 nitrogen and oxygen atoms in total. The fraction of sp³-hybridized carbons (Fsp3) is 0.588. The standard InChI is InChI=1S/C17H26N2OS/c1-13-5-7-15(8-6-13)21-17(10-3-4-11-17)16(20)19-12-9-14(2)18/h5-8,14H,3-4,9-12,18H2,1-2H3,(H,19,20). The molecule has 0 radical (unpaired) electrons. The van der Waals surface area contributed by atoms with Crippen LogP contribution in [0.2, 0.25) is 0 Å². The molecular formula is C17H26N2OS. The Kier molecular flexibility index (Phi) is 5.71. The molecule has 4 heteroatoms. The van der Waals surface area contributed by atoms with E-state index in [1.165, 1.54) is 10.5 Å². The van der Waals surface area contributed by atoms with Crippen molar-refractivity contribution in [1.29, 1.82) is 0 Å². The molecule has 1 amide bonds. The van der Waals surface area contributed by atoms with E-state index in [4.69, 9.17) is 5.73 Å². The van der Waals surface area contributed by atoms with Gasteiger partial charge in [0.2, 0.25) is 5.91 Å². The van der Waals surface area contributed by atoms with Crippen molar-refractivity contribution in [1.82, 2.24) is 5.32 Å². The largest absolute Gasteiger partial charge is 0.355 e. The third-order valence-electron chi connectivity index (χ3n) is 4.04. The highest BCUT2D eigenvalue weighted by Gasteiger charge is 2.41. The normalized spacial score (nSPS) is 18.4. The van der Waals surface area contributed by atoms with Gasteiger partial charge in [-0.1, -0.05) is 30.5 Å². The second-order valence-corrected chi connectivity index (χ2v) is 7.60. The first kappa shape index (κ1) is 16.4. The van der Waals surface area contributed by atoms with Gasteiger partial charge in [0, 0.05) is 17.5 Å². The van der Waals surface area contributed by atoms with Crippen LogP contribution in [0.25, 0.3) is 0 Å². The summed E-state index contributed by atoms with van der Waals surface area (Å²) in [6.45, 7) is 4.73. The summed E-state index contributed by atoms with van der Waals surface area (Å²) in [4.78, 5) is 13.8. The van der Waals surface area contributed by atoms with Gasteiger partial charge in [0.15, 0.2) is 0 Å². The van der Waals surface area contributed by atoms with Crippen LogP contribution in [-0.2, 0) is 4.79 Å². The number of carbonyl (C=O) groups excluding carboxylic acids is 1. The zero-order valence-electron chi connectivity index (χ0n) is 13.0. The van der Waals surface area contributed by atoms with Gasteiger partial charge < -0.3 is 11.1 Å². The molecule has 116 valence electrons. The van der Waals surface area contributed by atoms with E-state index in [-0.39, 0.29) is 16.7 Å². The van der Waals surface area contributed by atoms with E-state index in [0.717, 1.165) is 32.1 Å². The zero-order valence-corrected chi connectivity index (χ0v) is 13.8. The quantitative estimate of drug-likeness (QED) is 0.848. The summed E-state index contributed by atoms with van der Waals surface area (Å²) < 4.78 is -0.285. The van der Waals surface area contributed by atoms with Gasteiger partial charge >= 0.3 is 0 Å². The lowest BCUT2D eigenvalue weighted by atomic mass is 10.1. The van der Waals surface area contributed by atoms with E-state index in [2.05, 4.69) is 36.5 Å². The summed E-state index contributed by atoms with van der Waals surface area (Å²) >= 11 is 1.73. The van der Waals surface area contributed by atoms with Crippen LogP contribution < -0.4 is 11.1 Å². The lowest BCUT2D eigenvalue weighted by Gasteiger charge is -2.27. The highest BCUT2D eigenvalue weighted by molar-refractivity contribution is 8.01. The summed E-state index contributed by atoms with van der Waals surface area (Å²) in [7, 11) is 0. The minimum atomic E-state index is -0.285. The van der Waals surface area contributed by atoms with Gasteiger partial charge in [0.05, 0.1) is 4.75 Å². The lowest BCUT2D eigenvalue weighted by molar-refractivity contribution is -0.123. The Morgan fingerprint density at radius 1 is 1.33 bits per heavy atom.